The lowest BCUT2D eigenvalue weighted by molar-refractivity contribution is 0.122. The minimum absolute atomic E-state index is 0.227. The first kappa shape index (κ1) is 22.6. The Bertz CT molecular complexity index is 1480. The van der Waals surface area contributed by atoms with Crippen molar-refractivity contribution >= 4 is 50.0 Å². The molecular formula is C23H24N8O3S. The van der Waals surface area contributed by atoms with Gasteiger partial charge in [-0.2, -0.15) is 9.97 Å². The van der Waals surface area contributed by atoms with Gasteiger partial charge in [0, 0.05) is 29.9 Å². The number of nitrogens with one attached hydrogen (secondary N) is 2. The Morgan fingerprint density at radius 1 is 1.03 bits per heavy atom. The zero-order valence-electron chi connectivity index (χ0n) is 18.8. The smallest absolute Gasteiger partial charge is 0.254 e. The maximum Gasteiger partial charge on any atom is 0.254 e. The van der Waals surface area contributed by atoms with Gasteiger partial charge in [-0.25, -0.2) is 13.4 Å². The number of nitrogen functional groups attached to an aromatic ring is 1. The molecule has 3 heterocycles. The summed E-state index contributed by atoms with van der Waals surface area (Å²) in [6, 6.07) is 14.8. The maximum atomic E-state index is 11.9. The Balaban J connectivity index is 1.43. The first-order valence-electron chi connectivity index (χ1n) is 10.9. The molecule has 0 unspecified atom stereocenters. The Hall–Kier alpha value is -4.16. The highest BCUT2D eigenvalue weighted by molar-refractivity contribution is 7.95. The molecule has 0 atom stereocenters. The Morgan fingerprint density at radius 2 is 1.80 bits per heavy atom. The van der Waals surface area contributed by atoms with Crippen molar-refractivity contribution in [3.63, 3.8) is 0 Å². The van der Waals surface area contributed by atoms with Crippen molar-refractivity contribution < 1.29 is 13.2 Å². The molecule has 0 radical (unpaired) electrons. The van der Waals surface area contributed by atoms with Crippen LogP contribution in [-0.2, 0) is 14.8 Å². The summed E-state index contributed by atoms with van der Waals surface area (Å²) in [5.41, 5.74) is 10.1. The summed E-state index contributed by atoms with van der Waals surface area (Å²) in [5, 5.41) is 4.05. The largest absolute Gasteiger partial charge is 0.382 e. The fraction of sp³-hybridized carbons (Fsp3) is 0.174. The lowest BCUT2D eigenvalue weighted by atomic mass is 10.2. The van der Waals surface area contributed by atoms with E-state index in [1.165, 1.54) is 0 Å². The Kier molecular flexibility index (Phi) is 5.97. The molecule has 4 aromatic rings. The van der Waals surface area contributed by atoms with Gasteiger partial charge in [0.05, 0.1) is 24.6 Å². The molecule has 0 spiro atoms. The number of fused-ring (bicyclic) bond motifs is 1. The predicted molar refractivity (Wildman–Crippen MR) is 137 cm³/mol. The van der Waals surface area contributed by atoms with Crippen molar-refractivity contribution in [1.82, 2.24) is 19.5 Å². The molecule has 35 heavy (non-hydrogen) atoms. The minimum atomic E-state index is -3.63. The van der Waals surface area contributed by atoms with Crippen molar-refractivity contribution in [3.8, 4) is 5.69 Å². The fourth-order valence-corrected chi connectivity index (χ4v) is 4.34. The maximum absolute atomic E-state index is 11.9. The number of ether oxygens (including phenoxy) is 1. The number of sulfonamides is 1. The van der Waals surface area contributed by atoms with Crippen LogP contribution in [0.3, 0.4) is 0 Å². The van der Waals surface area contributed by atoms with Crippen LogP contribution in [0.4, 0.5) is 28.8 Å². The van der Waals surface area contributed by atoms with E-state index in [2.05, 4.69) is 36.5 Å². The quantitative estimate of drug-likeness (QED) is 0.355. The molecule has 0 bridgehead atoms. The van der Waals surface area contributed by atoms with Crippen LogP contribution in [0.5, 0.6) is 0 Å². The highest BCUT2D eigenvalue weighted by Crippen LogP contribution is 2.26. The highest BCUT2D eigenvalue weighted by Gasteiger charge is 2.15. The molecule has 0 amide bonds. The first-order chi connectivity index (χ1) is 16.9. The van der Waals surface area contributed by atoms with Gasteiger partial charge < -0.3 is 20.7 Å². The summed E-state index contributed by atoms with van der Waals surface area (Å²) in [6.45, 7) is 6.49. The number of anilines is 5. The van der Waals surface area contributed by atoms with E-state index in [9.17, 15) is 8.42 Å². The van der Waals surface area contributed by atoms with Gasteiger partial charge in [-0.1, -0.05) is 12.6 Å². The molecule has 2 aromatic carbocycles. The number of hydrogen-bond acceptors (Lipinski definition) is 9. The van der Waals surface area contributed by atoms with E-state index in [4.69, 9.17) is 10.5 Å². The third-order valence-electron chi connectivity index (χ3n) is 5.53. The van der Waals surface area contributed by atoms with Gasteiger partial charge in [0.1, 0.15) is 6.33 Å². The van der Waals surface area contributed by atoms with Gasteiger partial charge in [0.25, 0.3) is 10.0 Å². The standard InChI is InChI=1S/C23H24N8O3S/c1-2-35(32,33)29-17-4-3-5-19(14-17)31-15-25-20-21(24)27-23(28-22(20)31)26-16-6-8-18(9-7-16)30-10-12-34-13-11-30/h2-9,14-15,29H,1,10-13H2,(H3,24,26,27,28). The molecule has 0 saturated carbocycles. The lowest BCUT2D eigenvalue weighted by Crippen LogP contribution is -2.36. The van der Waals surface area contributed by atoms with Crippen LogP contribution >= 0.6 is 0 Å². The van der Waals surface area contributed by atoms with Crippen LogP contribution in [-0.4, -0.2) is 54.2 Å². The van der Waals surface area contributed by atoms with Crippen molar-refractivity contribution in [1.29, 1.82) is 0 Å². The van der Waals surface area contributed by atoms with Gasteiger partial charge in [0.2, 0.25) is 5.95 Å². The van der Waals surface area contributed by atoms with Crippen LogP contribution < -0.4 is 20.7 Å². The summed E-state index contributed by atoms with van der Waals surface area (Å²) in [4.78, 5) is 15.6. The molecule has 1 saturated heterocycles. The first-order valence-corrected chi connectivity index (χ1v) is 12.4. The van der Waals surface area contributed by atoms with Gasteiger partial charge in [-0.05, 0) is 42.5 Å². The number of nitrogens with two attached hydrogens (primary N) is 1. The van der Waals surface area contributed by atoms with Gasteiger partial charge in [-0.3, -0.25) is 9.29 Å². The van der Waals surface area contributed by atoms with Gasteiger partial charge in [-0.15, -0.1) is 0 Å². The molecule has 12 heteroatoms. The van der Waals surface area contributed by atoms with E-state index in [1.54, 1.807) is 29.1 Å². The van der Waals surface area contributed by atoms with E-state index in [-0.39, 0.29) is 5.82 Å². The monoisotopic (exact) mass is 492 g/mol. The number of rotatable bonds is 7. The van der Waals surface area contributed by atoms with Crippen LogP contribution in [0.15, 0.2) is 66.8 Å². The molecule has 180 valence electrons. The number of nitrogens with zero attached hydrogens (tertiary/aromatic N) is 5. The van der Waals surface area contributed by atoms with E-state index in [0.29, 0.717) is 28.5 Å². The Labute approximate surface area is 202 Å². The molecule has 4 N–H and O–H groups in total. The van der Waals surface area contributed by atoms with Gasteiger partial charge >= 0.3 is 0 Å². The number of benzene rings is 2. The van der Waals surface area contributed by atoms with Crippen molar-refractivity contribution in [2.24, 2.45) is 0 Å². The minimum Gasteiger partial charge on any atom is -0.382 e. The Morgan fingerprint density at radius 3 is 2.54 bits per heavy atom. The molecule has 0 aliphatic carbocycles. The van der Waals surface area contributed by atoms with E-state index in [0.717, 1.165) is 43.1 Å². The summed E-state index contributed by atoms with van der Waals surface area (Å²) in [5.74, 6) is 0.545. The average molecular weight is 493 g/mol. The topological polar surface area (TPSA) is 140 Å². The number of morpholine rings is 1. The van der Waals surface area contributed by atoms with Crippen LogP contribution in [0.2, 0.25) is 0 Å². The van der Waals surface area contributed by atoms with E-state index < -0.39 is 10.0 Å². The number of hydrogen-bond donors (Lipinski definition) is 3. The lowest BCUT2D eigenvalue weighted by Gasteiger charge is -2.28. The summed E-state index contributed by atoms with van der Waals surface area (Å²) >= 11 is 0. The average Bonchev–Trinajstić information content (AvgIpc) is 3.30. The second-order valence-corrected chi connectivity index (χ2v) is 9.48. The number of aromatic nitrogens is 4. The normalized spacial score (nSPS) is 14.1. The molecule has 11 nitrogen and oxygen atoms in total. The van der Waals surface area contributed by atoms with Crippen LogP contribution in [0.1, 0.15) is 0 Å². The number of imidazole rings is 1. The second kappa shape index (κ2) is 9.24. The summed E-state index contributed by atoms with van der Waals surface area (Å²) < 4.78 is 33.3. The zero-order valence-corrected chi connectivity index (χ0v) is 19.6. The van der Waals surface area contributed by atoms with Crippen molar-refractivity contribution in [3.05, 3.63) is 66.8 Å². The molecule has 5 rings (SSSR count). The highest BCUT2D eigenvalue weighted by atomic mass is 32.2. The van der Waals surface area contributed by atoms with Crippen molar-refractivity contribution in [2.75, 3.05) is 47.0 Å². The predicted octanol–water partition coefficient (Wildman–Crippen LogP) is 2.86. The summed E-state index contributed by atoms with van der Waals surface area (Å²) in [6.07, 6.45) is 1.57. The van der Waals surface area contributed by atoms with Crippen molar-refractivity contribution in [2.45, 2.75) is 0 Å². The van der Waals surface area contributed by atoms with E-state index in [1.807, 2.05) is 30.3 Å². The third-order valence-corrected chi connectivity index (χ3v) is 6.49. The molecule has 1 fully saturated rings. The molecule has 2 aromatic heterocycles. The second-order valence-electron chi connectivity index (χ2n) is 7.85. The molecule has 1 aliphatic rings. The van der Waals surface area contributed by atoms with Crippen LogP contribution in [0, 0.1) is 0 Å². The zero-order chi connectivity index (χ0) is 24.4. The third kappa shape index (κ3) is 4.88. The van der Waals surface area contributed by atoms with Gasteiger partial charge in [0.15, 0.2) is 17.0 Å². The van der Waals surface area contributed by atoms with Crippen LogP contribution in [0.25, 0.3) is 16.9 Å². The van der Waals surface area contributed by atoms with E-state index >= 15 is 0 Å². The molecule has 1 aliphatic heterocycles. The SMILES string of the molecule is C=CS(=O)(=O)Nc1cccc(-n2cnc3c(N)nc(Nc4ccc(N5CCOCC5)cc4)nc32)c1. The summed E-state index contributed by atoms with van der Waals surface area (Å²) in [7, 11) is -3.63. The molecular weight excluding hydrogens is 468 g/mol. The fourth-order valence-electron chi connectivity index (χ4n) is 3.80.